The summed E-state index contributed by atoms with van der Waals surface area (Å²) in [5, 5.41) is 21.6. The smallest absolute Gasteiger partial charge is 0.255 e. The van der Waals surface area contributed by atoms with Gasteiger partial charge in [0.15, 0.2) is 27.3 Å². The van der Waals surface area contributed by atoms with Gasteiger partial charge in [-0.2, -0.15) is 0 Å². The number of fused-ring (bicyclic) bond motifs is 2. The molecule has 0 spiro atoms. The molecule has 4 rings (SSSR count). The lowest BCUT2D eigenvalue weighted by Crippen LogP contribution is -2.50. The molecule has 3 N–H and O–H groups in total. The summed E-state index contributed by atoms with van der Waals surface area (Å²) in [4.78, 5) is 12.3. The number of halogens is 4. The molecule has 2 aromatic carbocycles. The summed E-state index contributed by atoms with van der Waals surface area (Å²) < 4.78 is 66.8. The number of carbonyl (C=O) groups excluding carboxylic acids is 1. The molecule has 2 aromatic rings. The van der Waals surface area contributed by atoms with E-state index < -0.39 is 50.7 Å². The second-order valence-electron chi connectivity index (χ2n) is 8.61. The minimum atomic E-state index is -4.00. The fourth-order valence-corrected chi connectivity index (χ4v) is 7.40. The summed E-state index contributed by atoms with van der Waals surface area (Å²) in [5.74, 6) is -6.25. The van der Waals surface area contributed by atoms with Crippen LogP contribution in [0.4, 0.5) is 18.9 Å². The zero-order valence-corrected chi connectivity index (χ0v) is 18.8. The highest BCUT2D eigenvalue weighted by molar-refractivity contribution is 7.92. The van der Waals surface area contributed by atoms with Gasteiger partial charge in [-0.1, -0.05) is 11.6 Å². The first-order valence-electron chi connectivity index (χ1n) is 10.3. The van der Waals surface area contributed by atoms with E-state index in [2.05, 4.69) is 5.32 Å². The molecule has 2 bridgehead atoms. The van der Waals surface area contributed by atoms with Crippen molar-refractivity contribution >= 4 is 33.0 Å². The van der Waals surface area contributed by atoms with Gasteiger partial charge < -0.3 is 15.5 Å². The highest BCUT2D eigenvalue weighted by Crippen LogP contribution is 2.51. The Balaban J connectivity index is 1.60. The topological polar surface area (TPSA) is 104 Å². The summed E-state index contributed by atoms with van der Waals surface area (Å²) >= 11 is 6.15. The number of amides is 1. The van der Waals surface area contributed by atoms with Crippen LogP contribution in [0.25, 0.3) is 0 Å². The van der Waals surface area contributed by atoms with E-state index in [1.807, 2.05) is 0 Å². The lowest BCUT2D eigenvalue weighted by Gasteiger charge is -2.41. The van der Waals surface area contributed by atoms with Crippen molar-refractivity contribution in [3.05, 3.63) is 58.4 Å². The second-order valence-corrected chi connectivity index (χ2v) is 11.2. The predicted molar refractivity (Wildman–Crippen MR) is 114 cm³/mol. The standard InChI is InChI=1S/C22H21ClF3NO5S/c23-16-4-1-11(21(29)27-14-8-17(24)20(26)18(25)9-14)5-19(16)33(31,32)15-6-12-2-3-13(7-15)22(12,30)10-28/h1,4-5,8-9,12-13,15,28,30H,2-3,6-7,10H2,(H,27,29)/t12?,13?,15-,22-. The molecule has 2 unspecified atom stereocenters. The number of aliphatic hydroxyl groups is 2. The molecule has 11 heteroatoms. The summed E-state index contributed by atoms with van der Waals surface area (Å²) in [7, 11) is -4.00. The second kappa shape index (κ2) is 8.57. The van der Waals surface area contributed by atoms with Gasteiger partial charge in [-0.25, -0.2) is 21.6 Å². The van der Waals surface area contributed by atoms with E-state index >= 15 is 0 Å². The number of aliphatic hydroxyl groups excluding tert-OH is 1. The van der Waals surface area contributed by atoms with Crippen LogP contribution in [0.1, 0.15) is 36.0 Å². The van der Waals surface area contributed by atoms with Gasteiger partial charge in [-0.3, -0.25) is 4.79 Å². The molecule has 2 saturated carbocycles. The Hall–Kier alpha value is -2.14. The maximum Gasteiger partial charge on any atom is 0.255 e. The minimum Gasteiger partial charge on any atom is -0.393 e. The number of benzene rings is 2. The van der Waals surface area contributed by atoms with E-state index in [1.54, 1.807) is 0 Å². The third-order valence-electron chi connectivity index (χ3n) is 6.81. The molecule has 2 aliphatic carbocycles. The Morgan fingerprint density at radius 1 is 1.09 bits per heavy atom. The first-order chi connectivity index (χ1) is 15.5. The molecule has 2 fully saturated rings. The van der Waals surface area contributed by atoms with E-state index in [9.17, 15) is 36.6 Å². The van der Waals surface area contributed by atoms with Crippen molar-refractivity contribution in [2.24, 2.45) is 11.8 Å². The van der Waals surface area contributed by atoms with Crippen molar-refractivity contribution < 1.29 is 36.6 Å². The van der Waals surface area contributed by atoms with Crippen molar-refractivity contribution in [1.82, 2.24) is 0 Å². The largest absolute Gasteiger partial charge is 0.393 e. The van der Waals surface area contributed by atoms with Crippen LogP contribution in [0, 0.1) is 29.3 Å². The average Bonchev–Trinajstić information content (AvgIpc) is 2.93. The van der Waals surface area contributed by atoms with Crippen molar-refractivity contribution in [2.75, 3.05) is 11.9 Å². The fourth-order valence-electron chi connectivity index (χ4n) is 5.00. The highest BCUT2D eigenvalue weighted by atomic mass is 35.5. The lowest BCUT2D eigenvalue weighted by molar-refractivity contribution is -0.0943. The first kappa shape index (κ1) is 24.0. The van der Waals surface area contributed by atoms with Gasteiger partial charge in [-0.05, 0) is 55.7 Å². The van der Waals surface area contributed by atoms with Crippen LogP contribution in [-0.2, 0) is 9.84 Å². The number of hydrogen-bond acceptors (Lipinski definition) is 5. The summed E-state index contributed by atoms with van der Waals surface area (Å²) in [6.07, 6.45) is 1.51. The molecule has 0 aromatic heterocycles. The van der Waals surface area contributed by atoms with Crippen LogP contribution in [0.2, 0.25) is 5.02 Å². The van der Waals surface area contributed by atoms with Gasteiger partial charge in [-0.15, -0.1) is 0 Å². The van der Waals surface area contributed by atoms with Crippen LogP contribution in [0.15, 0.2) is 35.2 Å². The molecular formula is C22H21ClF3NO5S. The maximum atomic E-state index is 13.4. The monoisotopic (exact) mass is 503 g/mol. The van der Waals surface area contributed by atoms with Gasteiger partial charge >= 0.3 is 0 Å². The number of nitrogens with one attached hydrogen (secondary N) is 1. The van der Waals surface area contributed by atoms with E-state index in [0.29, 0.717) is 25.0 Å². The molecule has 6 nitrogen and oxygen atoms in total. The third-order valence-corrected chi connectivity index (χ3v) is 9.46. The predicted octanol–water partition coefficient (Wildman–Crippen LogP) is 3.70. The van der Waals surface area contributed by atoms with Gasteiger partial charge in [0.1, 0.15) is 0 Å². The van der Waals surface area contributed by atoms with Crippen molar-refractivity contribution in [1.29, 1.82) is 0 Å². The molecule has 178 valence electrons. The van der Waals surface area contributed by atoms with E-state index in [1.165, 1.54) is 12.1 Å². The van der Waals surface area contributed by atoms with E-state index in [-0.39, 0.29) is 45.8 Å². The molecule has 2 atom stereocenters. The molecule has 33 heavy (non-hydrogen) atoms. The molecule has 0 aliphatic heterocycles. The number of sulfone groups is 1. The van der Waals surface area contributed by atoms with Crippen molar-refractivity contribution in [2.45, 2.75) is 41.4 Å². The Labute approximate surface area is 193 Å². The van der Waals surface area contributed by atoms with Gasteiger partial charge in [0, 0.05) is 23.4 Å². The molecule has 1 amide bonds. The zero-order valence-electron chi connectivity index (χ0n) is 17.2. The normalized spacial score (nSPS) is 26.9. The summed E-state index contributed by atoms with van der Waals surface area (Å²) in [6, 6.07) is 4.77. The molecule has 0 radical (unpaired) electrons. The minimum absolute atomic E-state index is 0.0965. The fraction of sp³-hybridized carbons (Fsp3) is 0.409. The van der Waals surface area contributed by atoms with Crippen LogP contribution < -0.4 is 5.32 Å². The number of carbonyl (C=O) groups is 1. The van der Waals surface area contributed by atoms with E-state index in [0.717, 1.165) is 6.07 Å². The first-order valence-corrected chi connectivity index (χ1v) is 12.2. The van der Waals surface area contributed by atoms with Crippen LogP contribution in [-0.4, -0.2) is 42.0 Å². The number of anilines is 1. The third kappa shape index (κ3) is 4.14. The quantitative estimate of drug-likeness (QED) is 0.540. The van der Waals surface area contributed by atoms with Crippen LogP contribution >= 0.6 is 11.6 Å². The summed E-state index contributed by atoms with van der Waals surface area (Å²) in [6.45, 7) is -0.434. The van der Waals surface area contributed by atoms with Crippen molar-refractivity contribution in [3.63, 3.8) is 0 Å². The van der Waals surface area contributed by atoms with Gasteiger partial charge in [0.25, 0.3) is 5.91 Å². The molecular weight excluding hydrogens is 483 g/mol. The Bertz CT molecular complexity index is 1190. The SMILES string of the molecule is O=C(Nc1cc(F)c(F)c(F)c1)c1ccc(Cl)c(S(=O)(=O)[C@H]2CC3CCC(C2)[C@]3(O)CO)c1. The Morgan fingerprint density at radius 3 is 2.21 bits per heavy atom. The Kier molecular flexibility index (Phi) is 6.24. The Morgan fingerprint density at radius 2 is 1.67 bits per heavy atom. The van der Waals surface area contributed by atoms with Crippen LogP contribution in [0.5, 0.6) is 0 Å². The number of rotatable bonds is 5. The molecule has 0 heterocycles. The highest BCUT2D eigenvalue weighted by Gasteiger charge is 2.55. The zero-order chi connectivity index (χ0) is 24.1. The molecule has 2 aliphatic rings. The maximum absolute atomic E-state index is 13.4. The van der Waals surface area contributed by atoms with E-state index in [4.69, 9.17) is 11.6 Å². The van der Waals surface area contributed by atoms with Gasteiger partial charge in [0.2, 0.25) is 0 Å². The van der Waals surface area contributed by atoms with Crippen molar-refractivity contribution in [3.8, 4) is 0 Å². The average molecular weight is 504 g/mol. The van der Waals surface area contributed by atoms with Gasteiger partial charge in [0.05, 0.1) is 27.4 Å². The van der Waals surface area contributed by atoms with Crippen LogP contribution in [0.3, 0.4) is 0 Å². The molecule has 0 saturated heterocycles. The summed E-state index contributed by atoms with van der Waals surface area (Å²) in [5.41, 5.74) is -1.77. The number of hydrogen-bond donors (Lipinski definition) is 3. The lowest BCUT2D eigenvalue weighted by atomic mass is 9.75.